The first-order valence-corrected chi connectivity index (χ1v) is 40.0. The van der Waals surface area contributed by atoms with Gasteiger partial charge in [0.25, 0.3) is 0 Å². The first kappa shape index (κ1) is 89.9. The van der Waals surface area contributed by atoms with Gasteiger partial charge in [-0.15, -0.1) is 0 Å². The monoisotopic (exact) mass is 1430 g/mol. The summed E-state index contributed by atoms with van der Waals surface area (Å²) in [4.78, 5) is 51.0. The Morgan fingerprint density at radius 1 is 0.388 bits per heavy atom. The minimum Gasteiger partial charge on any atom is -0.463 e. The van der Waals surface area contributed by atoms with Gasteiger partial charge < -0.3 is 89.1 Å². The summed E-state index contributed by atoms with van der Waals surface area (Å²) in [7, 11) is -5.69. The largest absolute Gasteiger partial charge is 0.472 e. The Bertz CT molecular complexity index is 2080. The molecule has 0 radical (unpaired) electrons. The molecule has 18 unspecified atom stereocenters. The third-order valence-electron chi connectivity index (χ3n) is 19.0. The maximum atomic E-state index is 14.3. The van der Waals surface area contributed by atoms with Crippen molar-refractivity contribution in [2.45, 2.75) is 407 Å². The summed E-state index contributed by atoms with van der Waals surface area (Å²) in [6.45, 7) is 3.45. The van der Waals surface area contributed by atoms with Crippen LogP contribution in [0.3, 0.4) is 0 Å². The first-order chi connectivity index (χ1) is 47.3. The summed E-state index contributed by atoms with van der Waals surface area (Å²) in [5, 5.41) is 110. The number of aliphatic hydroxyl groups excluding tert-OH is 10. The Kier molecular flexibility index (Phi) is 50.7. The number of esters is 3. The molecule has 98 heavy (non-hydrogen) atoms. The van der Waals surface area contributed by atoms with Crippen LogP contribution in [0, 0.1) is 0 Å². The van der Waals surface area contributed by atoms with Crippen molar-refractivity contribution in [2.75, 3.05) is 26.4 Å². The Balaban J connectivity index is 1.73. The molecule has 0 amide bonds. The Morgan fingerprint density at radius 3 is 1.11 bits per heavy atom. The van der Waals surface area contributed by atoms with Gasteiger partial charge in [0, 0.05) is 19.3 Å². The molecule has 0 aromatic carbocycles. The molecule has 0 bridgehead atoms. The second kappa shape index (κ2) is 55.2. The molecule has 0 spiro atoms. The van der Waals surface area contributed by atoms with E-state index in [1.54, 1.807) is 0 Å². The summed E-state index contributed by atoms with van der Waals surface area (Å²) in [6, 6.07) is 0. The number of hydrogen-bond acceptors (Lipinski definition) is 23. The van der Waals surface area contributed by atoms with Crippen molar-refractivity contribution in [3.63, 3.8) is 0 Å². The molecule has 18 atom stereocenters. The lowest BCUT2D eigenvalue weighted by atomic mass is 9.84. The SMILES string of the molecule is CCCCCCCC/C=C\CCCCCC(=O)OCC1OC(OC2C(O)C(O)C(O)C(OC3OC(CO)C(O)C(O)C3O)C2OP(=O)(O)OCC(COC(=O)CCCCCCCCCCCCCCCCC)OC(=O)CCCCCCCCCCCCCCCCC)C(O)C(O)C1O. The maximum absolute atomic E-state index is 14.3. The normalized spacial score (nSPS) is 27.7. The zero-order valence-electron chi connectivity index (χ0n) is 60.1. The van der Waals surface area contributed by atoms with Crippen molar-refractivity contribution in [3.8, 4) is 0 Å². The van der Waals surface area contributed by atoms with Crippen molar-refractivity contribution < 1.29 is 117 Å². The number of rotatable bonds is 60. The summed E-state index contributed by atoms with van der Waals surface area (Å²) in [6.07, 6.45) is 14.1. The summed E-state index contributed by atoms with van der Waals surface area (Å²) in [5.41, 5.74) is 0. The summed E-state index contributed by atoms with van der Waals surface area (Å²) in [5.74, 6) is -1.99. The second-order valence-corrected chi connectivity index (χ2v) is 29.1. The Labute approximate surface area is 586 Å². The molecule has 2 saturated heterocycles. The lowest BCUT2D eigenvalue weighted by Crippen LogP contribution is -2.69. The molecule has 1 aliphatic carbocycles. The fourth-order valence-electron chi connectivity index (χ4n) is 12.8. The molecule has 0 aromatic rings. The van der Waals surface area contributed by atoms with Gasteiger partial charge >= 0.3 is 25.7 Å². The highest BCUT2D eigenvalue weighted by atomic mass is 31.2. The van der Waals surface area contributed by atoms with E-state index in [1.165, 1.54) is 154 Å². The fourth-order valence-corrected chi connectivity index (χ4v) is 13.7. The summed E-state index contributed by atoms with van der Waals surface area (Å²) >= 11 is 0. The quantitative estimate of drug-likeness (QED) is 0.00886. The van der Waals surface area contributed by atoms with E-state index >= 15 is 0 Å². The highest BCUT2D eigenvalue weighted by Crippen LogP contribution is 2.49. The van der Waals surface area contributed by atoms with Crippen LogP contribution in [0.2, 0.25) is 0 Å². The van der Waals surface area contributed by atoms with Crippen LogP contribution in [-0.4, -0.2) is 204 Å². The molecule has 1 saturated carbocycles. The summed E-state index contributed by atoms with van der Waals surface area (Å²) < 4.78 is 65.0. The molecule has 3 fully saturated rings. The van der Waals surface area contributed by atoms with E-state index in [9.17, 15) is 74.9 Å². The van der Waals surface area contributed by atoms with Crippen LogP contribution in [0.25, 0.3) is 0 Å². The lowest BCUT2D eigenvalue weighted by molar-refractivity contribution is -0.360. The van der Waals surface area contributed by atoms with Gasteiger partial charge in [-0.25, -0.2) is 4.57 Å². The molecule has 3 aliphatic rings. The van der Waals surface area contributed by atoms with Crippen LogP contribution in [0.5, 0.6) is 0 Å². The number of allylic oxidation sites excluding steroid dienone is 2. The molecule has 25 heteroatoms. The highest BCUT2D eigenvalue weighted by molar-refractivity contribution is 7.47. The predicted molar refractivity (Wildman–Crippen MR) is 370 cm³/mol. The van der Waals surface area contributed by atoms with Crippen molar-refractivity contribution in [1.29, 1.82) is 0 Å². The fraction of sp³-hybridized carbons (Fsp3) is 0.932. The van der Waals surface area contributed by atoms with Crippen molar-refractivity contribution in [2.24, 2.45) is 0 Å². The van der Waals surface area contributed by atoms with Crippen LogP contribution >= 0.6 is 7.82 Å². The Hall–Kier alpha value is -2.30. The smallest absolute Gasteiger partial charge is 0.463 e. The number of aliphatic hydroxyl groups is 10. The molecule has 576 valence electrons. The van der Waals surface area contributed by atoms with E-state index in [0.717, 1.165) is 89.9 Å². The van der Waals surface area contributed by atoms with Gasteiger partial charge in [0.05, 0.1) is 13.2 Å². The molecule has 2 aliphatic heterocycles. The number of phosphoric ester groups is 1. The molecule has 11 N–H and O–H groups in total. The molecule has 0 aromatic heterocycles. The van der Waals surface area contributed by atoms with E-state index < -0.39 is 156 Å². The van der Waals surface area contributed by atoms with Crippen LogP contribution in [0.1, 0.15) is 303 Å². The van der Waals surface area contributed by atoms with Crippen LogP contribution in [-0.2, 0) is 61.2 Å². The molecular formula is C73H135O24P. The van der Waals surface area contributed by atoms with E-state index in [1.807, 2.05) is 0 Å². The van der Waals surface area contributed by atoms with Crippen LogP contribution in [0.15, 0.2) is 12.2 Å². The third-order valence-corrected chi connectivity index (χ3v) is 20.0. The topological polar surface area (TPSA) is 374 Å². The van der Waals surface area contributed by atoms with E-state index in [-0.39, 0.29) is 19.3 Å². The predicted octanol–water partition coefficient (Wildman–Crippen LogP) is 10.7. The van der Waals surface area contributed by atoms with Crippen molar-refractivity contribution >= 4 is 25.7 Å². The van der Waals surface area contributed by atoms with Crippen LogP contribution in [0.4, 0.5) is 0 Å². The molecule has 24 nitrogen and oxygen atoms in total. The van der Waals surface area contributed by atoms with Gasteiger partial charge in [-0.2, -0.15) is 0 Å². The number of hydrogen-bond donors (Lipinski definition) is 11. The van der Waals surface area contributed by atoms with Gasteiger partial charge in [0.15, 0.2) is 18.7 Å². The zero-order valence-corrected chi connectivity index (χ0v) is 61.0. The number of carbonyl (C=O) groups excluding carboxylic acids is 3. The number of phosphoric acid groups is 1. The minimum absolute atomic E-state index is 0.00942. The number of carbonyl (C=O) groups is 3. The first-order valence-electron chi connectivity index (χ1n) is 38.5. The van der Waals surface area contributed by atoms with Crippen LogP contribution < -0.4 is 0 Å². The average molecular weight is 1430 g/mol. The van der Waals surface area contributed by atoms with Crippen molar-refractivity contribution in [3.05, 3.63) is 12.2 Å². The van der Waals surface area contributed by atoms with Gasteiger partial charge in [0.1, 0.15) is 98.7 Å². The van der Waals surface area contributed by atoms with Crippen molar-refractivity contribution in [1.82, 2.24) is 0 Å². The van der Waals surface area contributed by atoms with Gasteiger partial charge in [-0.1, -0.05) is 251 Å². The minimum atomic E-state index is -5.69. The number of ether oxygens (including phenoxy) is 7. The van der Waals surface area contributed by atoms with E-state index in [2.05, 4.69) is 32.9 Å². The average Bonchev–Trinajstić information content (AvgIpc) is 0.764. The van der Waals surface area contributed by atoms with Gasteiger partial charge in [0.2, 0.25) is 0 Å². The zero-order chi connectivity index (χ0) is 71.8. The number of unbranched alkanes of at least 4 members (excludes halogenated alkanes) is 37. The van der Waals surface area contributed by atoms with Gasteiger partial charge in [-0.05, 0) is 44.9 Å². The maximum Gasteiger partial charge on any atom is 0.472 e. The van der Waals surface area contributed by atoms with E-state index in [4.69, 9.17) is 42.2 Å². The standard InChI is InChI=1S/C73H135O24P/c1-4-7-10-13-16-19-22-25-27-30-33-35-38-41-44-47-57(75)89-51-54(92-59(77)49-46-43-40-37-34-31-28-26-23-20-17-14-11-8-5-2)52-91-98(87,88)97-71-69(95-72-67(85)62(80)60(78)55(50-74)93-72)65(83)64(82)66(84)70(71)96-73-68(86)63(81)61(79)56(94-73)53-90-58(76)48-45-42-39-36-32-29-24-21-18-15-12-9-6-3/h29,32,54-56,60-74,78-86H,4-28,30-31,33-53H2,1-3H3,(H,87,88)/b32-29-. The Morgan fingerprint density at radius 2 is 0.714 bits per heavy atom. The molecule has 3 rings (SSSR count). The lowest BCUT2D eigenvalue weighted by Gasteiger charge is -2.49. The van der Waals surface area contributed by atoms with E-state index in [0.29, 0.717) is 19.3 Å². The molecule has 2 heterocycles. The second-order valence-electron chi connectivity index (χ2n) is 27.7. The van der Waals surface area contributed by atoms with Gasteiger partial charge in [-0.3, -0.25) is 23.4 Å². The molecular weight excluding hydrogens is 1290 g/mol. The highest BCUT2D eigenvalue weighted by Gasteiger charge is 2.58. The third kappa shape index (κ3) is 37.9.